The quantitative estimate of drug-likeness (QED) is 0.315. The molecular formula is C6H14NNaO2. The van der Waals surface area contributed by atoms with Gasteiger partial charge in [-0.3, -0.25) is 0 Å². The van der Waals surface area contributed by atoms with Gasteiger partial charge in [0.1, 0.15) is 0 Å². The Kier molecular flexibility index (Phi) is 13.3. The maximum atomic E-state index is 8.44. The van der Waals surface area contributed by atoms with Crippen molar-refractivity contribution in [3.63, 3.8) is 0 Å². The summed E-state index contributed by atoms with van der Waals surface area (Å²) in [4.78, 5) is 1.88. The molecule has 0 amide bonds. The fraction of sp³-hybridized carbons (Fsp3) is 0.833. The fourth-order valence-corrected chi connectivity index (χ4v) is 0.618. The number of hydrogen-bond donors (Lipinski definition) is 2. The van der Waals surface area contributed by atoms with Crippen LogP contribution in [0.2, 0.25) is 0 Å². The number of aliphatic hydroxyl groups is 2. The summed E-state index contributed by atoms with van der Waals surface area (Å²) in [6.07, 6.45) is 0. The van der Waals surface area contributed by atoms with Gasteiger partial charge in [0.25, 0.3) is 0 Å². The zero-order chi connectivity index (χ0) is 7.11. The summed E-state index contributed by atoms with van der Waals surface area (Å²) in [6, 6.07) is 0. The van der Waals surface area contributed by atoms with Crippen LogP contribution < -0.4 is 29.6 Å². The first-order chi connectivity index (χ1) is 4.35. The second kappa shape index (κ2) is 9.88. The largest absolute Gasteiger partial charge is 1.00 e. The van der Waals surface area contributed by atoms with Crippen LogP contribution in [0.25, 0.3) is 0 Å². The molecule has 4 heteroatoms. The SMILES string of the molecule is [CH2-]CN(CCO)CCO.[Na+]. The van der Waals surface area contributed by atoms with E-state index >= 15 is 0 Å². The Morgan fingerprint density at radius 1 is 1.10 bits per heavy atom. The maximum Gasteiger partial charge on any atom is 1.00 e. The molecule has 0 heterocycles. The average molecular weight is 155 g/mol. The molecule has 0 aliphatic heterocycles. The average Bonchev–Trinajstić information content (AvgIpc) is 1.88. The van der Waals surface area contributed by atoms with E-state index in [2.05, 4.69) is 6.92 Å². The molecule has 3 nitrogen and oxygen atoms in total. The molecule has 0 rings (SSSR count). The Balaban J connectivity index is 0. The minimum absolute atomic E-state index is 0. The summed E-state index contributed by atoms with van der Waals surface area (Å²) in [5, 5.41) is 16.9. The van der Waals surface area contributed by atoms with Crippen LogP contribution in [-0.2, 0) is 0 Å². The van der Waals surface area contributed by atoms with Gasteiger partial charge in [-0.2, -0.15) is 0 Å². The van der Waals surface area contributed by atoms with Gasteiger partial charge >= 0.3 is 29.6 Å². The molecule has 0 radical (unpaired) electrons. The van der Waals surface area contributed by atoms with Crippen molar-refractivity contribution in [2.45, 2.75) is 0 Å². The monoisotopic (exact) mass is 155 g/mol. The molecule has 0 fully saturated rings. The van der Waals surface area contributed by atoms with Gasteiger partial charge in [-0.05, 0) is 0 Å². The van der Waals surface area contributed by atoms with E-state index in [0.29, 0.717) is 19.6 Å². The summed E-state index contributed by atoms with van der Waals surface area (Å²) >= 11 is 0. The fourth-order valence-electron chi connectivity index (χ4n) is 0.618. The smallest absolute Gasteiger partial charge is 0.395 e. The Hall–Kier alpha value is 0.880. The minimum Gasteiger partial charge on any atom is -0.395 e. The van der Waals surface area contributed by atoms with E-state index in [0.717, 1.165) is 0 Å². The Morgan fingerprint density at radius 3 is 1.70 bits per heavy atom. The molecular weight excluding hydrogens is 141 g/mol. The van der Waals surface area contributed by atoms with E-state index in [-0.39, 0.29) is 42.8 Å². The number of hydrogen-bond acceptors (Lipinski definition) is 3. The Morgan fingerprint density at radius 2 is 1.50 bits per heavy atom. The molecule has 0 aromatic carbocycles. The van der Waals surface area contributed by atoms with Crippen molar-refractivity contribution in [2.75, 3.05) is 32.8 Å². The molecule has 0 aromatic rings. The third kappa shape index (κ3) is 6.99. The molecule has 0 bridgehead atoms. The molecule has 0 aliphatic rings. The molecule has 2 N–H and O–H groups in total. The van der Waals surface area contributed by atoms with Gasteiger partial charge in [0.15, 0.2) is 0 Å². The zero-order valence-corrected chi connectivity index (χ0v) is 8.58. The second-order valence-electron chi connectivity index (χ2n) is 1.79. The topological polar surface area (TPSA) is 43.7 Å². The summed E-state index contributed by atoms with van der Waals surface area (Å²) < 4.78 is 0. The van der Waals surface area contributed by atoms with Gasteiger partial charge < -0.3 is 22.0 Å². The molecule has 0 atom stereocenters. The second-order valence-corrected chi connectivity index (χ2v) is 1.79. The van der Waals surface area contributed by atoms with E-state index < -0.39 is 0 Å². The Labute approximate surface area is 84.3 Å². The molecule has 0 aromatic heterocycles. The molecule has 0 saturated heterocycles. The van der Waals surface area contributed by atoms with Gasteiger partial charge in [0, 0.05) is 13.1 Å². The standard InChI is InChI=1S/C6H14NO2.Na/c1-2-7(3-5-8)4-6-9;/h8-9H,1-6H2;/q-1;+1. The summed E-state index contributed by atoms with van der Waals surface area (Å²) in [5.41, 5.74) is 0. The normalized spacial score (nSPS) is 9.60. The number of rotatable bonds is 5. The first kappa shape index (κ1) is 13.5. The van der Waals surface area contributed by atoms with Crippen LogP contribution >= 0.6 is 0 Å². The molecule has 0 unspecified atom stereocenters. The van der Waals surface area contributed by atoms with Crippen LogP contribution in [0.15, 0.2) is 0 Å². The van der Waals surface area contributed by atoms with Crippen molar-refractivity contribution < 1.29 is 39.8 Å². The van der Waals surface area contributed by atoms with Crippen LogP contribution in [0.5, 0.6) is 0 Å². The van der Waals surface area contributed by atoms with Gasteiger partial charge in [-0.1, -0.05) is 0 Å². The van der Waals surface area contributed by atoms with Crippen LogP contribution in [0.4, 0.5) is 0 Å². The Bertz CT molecular complexity index is 57.7. The number of aliphatic hydroxyl groups excluding tert-OH is 2. The summed E-state index contributed by atoms with van der Waals surface area (Å²) in [6.45, 7) is 5.74. The molecule has 0 spiro atoms. The predicted molar refractivity (Wildman–Crippen MR) is 36.0 cm³/mol. The first-order valence-electron chi connectivity index (χ1n) is 3.08. The first-order valence-corrected chi connectivity index (χ1v) is 3.08. The van der Waals surface area contributed by atoms with Crippen molar-refractivity contribution in [3.8, 4) is 0 Å². The van der Waals surface area contributed by atoms with Gasteiger partial charge in [0.05, 0.1) is 13.2 Å². The third-order valence-corrected chi connectivity index (χ3v) is 1.15. The van der Waals surface area contributed by atoms with E-state index in [1.807, 2.05) is 4.90 Å². The van der Waals surface area contributed by atoms with Crippen LogP contribution in [0, 0.1) is 6.92 Å². The zero-order valence-electron chi connectivity index (χ0n) is 6.58. The van der Waals surface area contributed by atoms with E-state index in [1.165, 1.54) is 0 Å². The van der Waals surface area contributed by atoms with E-state index in [1.54, 1.807) is 0 Å². The summed E-state index contributed by atoms with van der Waals surface area (Å²) in [7, 11) is 0. The third-order valence-electron chi connectivity index (χ3n) is 1.15. The summed E-state index contributed by atoms with van der Waals surface area (Å²) in [5.74, 6) is 0. The van der Waals surface area contributed by atoms with Gasteiger partial charge in [-0.25, -0.2) is 0 Å². The van der Waals surface area contributed by atoms with Crippen LogP contribution in [0.1, 0.15) is 0 Å². The molecule has 0 saturated carbocycles. The number of nitrogens with zero attached hydrogens (tertiary/aromatic N) is 1. The minimum atomic E-state index is 0. The van der Waals surface area contributed by atoms with Crippen molar-refractivity contribution in [3.05, 3.63) is 6.92 Å². The van der Waals surface area contributed by atoms with Crippen molar-refractivity contribution in [2.24, 2.45) is 0 Å². The van der Waals surface area contributed by atoms with Gasteiger partial charge in [0.2, 0.25) is 0 Å². The molecule has 10 heavy (non-hydrogen) atoms. The van der Waals surface area contributed by atoms with Gasteiger partial charge in [-0.15, -0.1) is 6.54 Å². The van der Waals surface area contributed by atoms with E-state index in [9.17, 15) is 0 Å². The molecule has 0 aliphatic carbocycles. The van der Waals surface area contributed by atoms with Crippen LogP contribution in [0.3, 0.4) is 0 Å². The maximum absolute atomic E-state index is 8.44. The molecule has 56 valence electrons. The van der Waals surface area contributed by atoms with Crippen molar-refractivity contribution in [1.29, 1.82) is 0 Å². The predicted octanol–water partition coefficient (Wildman–Crippen LogP) is -3.89. The van der Waals surface area contributed by atoms with Crippen molar-refractivity contribution in [1.82, 2.24) is 4.90 Å². The van der Waals surface area contributed by atoms with E-state index in [4.69, 9.17) is 10.2 Å². The van der Waals surface area contributed by atoms with Crippen molar-refractivity contribution >= 4 is 0 Å². The van der Waals surface area contributed by atoms with Crippen LogP contribution in [-0.4, -0.2) is 48.0 Å².